The maximum Gasteiger partial charge on any atom is 0.321 e. The van der Waals surface area contributed by atoms with Gasteiger partial charge in [-0.1, -0.05) is 60.7 Å². The minimum absolute atomic E-state index is 0.558. The van der Waals surface area contributed by atoms with Crippen molar-refractivity contribution in [1.29, 1.82) is 0 Å². The fourth-order valence-electron chi connectivity index (χ4n) is 2.33. The first-order valence-electron chi connectivity index (χ1n) is 7.86. The van der Waals surface area contributed by atoms with E-state index in [1.54, 1.807) is 0 Å². The molecule has 6 heteroatoms. The Morgan fingerprint density at radius 1 is 0.880 bits per heavy atom. The van der Waals surface area contributed by atoms with E-state index in [0.29, 0.717) is 0 Å². The molecule has 0 aliphatic rings. The van der Waals surface area contributed by atoms with Gasteiger partial charge in [0.15, 0.2) is 6.10 Å². The highest BCUT2D eigenvalue weighted by molar-refractivity contribution is 5.97. The number of hydrogen-bond donors (Lipinski definition) is 2. The van der Waals surface area contributed by atoms with Crippen molar-refractivity contribution in [2.24, 2.45) is 0 Å². The summed E-state index contributed by atoms with van der Waals surface area (Å²) in [7, 11) is 1.39. The van der Waals surface area contributed by atoms with Crippen molar-refractivity contribution >= 4 is 17.9 Å². The largest absolute Gasteiger partial charge is 0.452 e. The number of benzene rings is 2. The van der Waals surface area contributed by atoms with Crippen LogP contribution in [0.15, 0.2) is 60.7 Å². The normalized spacial score (nSPS) is 11.5. The molecule has 25 heavy (non-hydrogen) atoms. The first kappa shape index (κ1) is 18.2. The molecule has 2 rings (SSSR count). The van der Waals surface area contributed by atoms with Gasteiger partial charge in [0.2, 0.25) is 0 Å². The quantitative estimate of drug-likeness (QED) is 0.817. The average molecular weight is 340 g/mol. The molecule has 0 aliphatic carbocycles. The van der Waals surface area contributed by atoms with Crippen LogP contribution in [0.3, 0.4) is 0 Å². The molecule has 0 aromatic heterocycles. The third-order valence-corrected chi connectivity index (χ3v) is 3.63. The number of esters is 1. The Bertz CT molecular complexity index is 692. The van der Waals surface area contributed by atoms with Gasteiger partial charge in [0.1, 0.15) is 5.92 Å². The summed E-state index contributed by atoms with van der Waals surface area (Å²) in [5.74, 6) is -1.90. The Morgan fingerprint density at radius 3 is 1.80 bits per heavy atom. The van der Waals surface area contributed by atoms with E-state index in [0.717, 1.165) is 11.1 Å². The number of nitrogens with one attached hydrogen (secondary N) is 2. The van der Waals surface area contributed by atoms with E-state index in [4.69, 9.17) is 4.74 Å². The zero-order chi connectivity index (χ0) is 18.2. The third kappa shape index (κ3) is 4.91. The summed E-state index contributed by atoms with van der Waals surface area (Å²) in [5.41, 5.74) is 1.52. The highest BCUT2D eigenvalue weighted by Gasteiger charge is 2.28. The van der Waals surface area contributed by atoms with Crippen molar-refractivity contribution in [3.8, 4) is 0 Å². The molecule has 1 unspecified atom stereocenters. The first-order chi connectivity index (χ1) is 12.0. The molecule has 1 atom stereocenters. The van der Waals surface area contributed by atoms with Gasteiger partial charge in [0, 0.05) is 7.05 Å². The van der Waals surface area contributed by atoms with Crippen LogP contribution in [0.4, 0.5) is 4.79 Å². The van der Waals surface area contributed by atoms with Crippen LogP contribution in [-0.2, 0) is 14.3 Å². The number of hydrogen-bond acceptors (Lipinski definition) is 4. The van der Waals surface area contributed by atoms with E-state index >= 15 is 0 Å². The van der Waals surface area contributed by atoms with E-state index in [9.17, 15) is 14.4 Å². The number of urea groups is 1. The van der Waals surface area contributed by atoms with Gasteiger partial charge in [-0.3, -0.25) is 14.9 Å². The van der Waals surface area contributed by atoms with Crippen LogP contribution in [0, 0.1) is 0 Å². The predicted octanol–water partition coefficient (Wildman–Crippen LogP) is 2.21. The van der Waals surface area contributed by atoms with Crippen LogP contribution in [0.2, 0.25) is 0 Å². The second-order valence-electron chi connectivity index (χ2n) is 5.40. The summed E-state index contributed by atoms with van der Waals surface area (Å²) >= 11 is 0. The van der Waals surface area contributed by atoms with Crippen LogP contribution < -0.4 is 10.6 Å². The van der Waals surface area contributed by atoms with Gasteiger partial charge in [-0.15, -0.1) is 0 Å². The van der Waals surface area contributed by atoms with Crippen LogP contribution in [-0.4, -0.2) is 31.1 Å². The van der Waals surface area contributed by atoms with Crippen molar-refractivity contribution in [1.82, 2.24) is 10.6 Å². The molecule has 130 valence electrons. The standard InChI is InChI=1S/C19H20N2O4/c1-13(17(22)21-19(24)20-2)25-18(23)16(14-9-5-3-6-10-14)15-11-7-4-8-12-15/h3-13,16H,1-2H3,(H2,20,21,22,24). The highest BCUT2D eigenvalue weighted by atomic mass is 16.5. The topological polar surface area (TPSA) is 84.5 Å². The molecule has 0 heterocycles. The monoisotopic (exact) mass is 340 g/mol. The average Bonchev–Trinajstić information content (AvgIpc) is 2.63. The van der Waals surface area contributed by atoms with E-state index < -0.39 is 29.9 Å². The van der Waals surface area contributed by atoms with Crippen LogP contribution in [0.1, 0.15) is 24.0 Å². The molecule has 2 aromatic carbocycles. The molecule has 0 saturated carbocycles. The fourth-order valence-corrected chi connectivity index (χ4v) is 2.33. The van der Waals surface area contributed by atoms with Crippen molar-refractivity contribution in [3.05, 3.63) is 71.8 Å². The van der Waals surface area contributed by atoms with Crippen molar-refractivity contribution < 1.29 is 19.1 Å². The van der Waals surface area contributed by atoms with Crippen LogP contribution >= 0.6 is 0 Å². The minimum atomic E-state index is -1.10. The predicted molar refractivity (Wildman–Crippen MR) is 92.9 cm³/mol. The molecular formula is C19H20N2O4. The van der Waals surface area contributed by atoms with Gasteiger partial charge >= 0.3 is 12.0 Å². The van der Waals surface area contributed by atoms with Gasteiger partial charge < -0.3 is 10.1 Å². The Morgan fingerprint density at radius 2 is 1.36 bits per heavy atom. The first-order valence-corrected chi connectivity index (χ1v) is 7.86. The third-order valence-electron chi connectivity index (χ3n) is 3.63. The van der Waals surface area contributed by atoms with Gasteiger partial charge in [-0.05, 0) is 18.1 Å². The Labute approximate surface area is 146 Å². The van der Waals surface area contributed by atoms with Crippen molar-refractivity contribution in [2.75, 3.05) is 7.05 Å². The molecule has 0 saturated heterocycles. The molecule has 2 N–H and O–H groups in total. The lowest BCUT2D eigenvalue weighted by Crippen LogP contribution is -2.43. The van der Waals surface area contributed by atoms with Gasteiger partial charge in [-0.2, -0.15) is 0 Å². The minimum Gasteiger partial charge on any atom is -0.452 e. The number of amides is 3. The zero-order valence-electron chi connectivity index (χ0n) is 14.1. The molecule has 2 aromatic rings. The molecule has 6 nitrogen and oxygen atoms in total. The smallest absolute Gasteiger partial charge is 0.321 e. The highest BCUT2D eigenvalue weighted by Crippen LogP contribution is 2.26. The summed E-state index contributed by atoms with van der Waals surface area (Å²) < 4.78 is 5.30. The van der Waals surface area contributed by atoms with E-state index in [1.165, 1.54) is 14.0 Å². The maximum absolute atomic E-state index is 12.7. The van der Waals surface area contributed by atoms with Gasteiger partial charge in [-0.25, -0.2) is 4.79 Å². The number of carbonyl (C=O) groups excluding carboxylic acids is 3. The summed E-state index contributed by atoms with van der Waals surface area (Å²) in [6, 6.07) is 17.7. The van der Waals surface area contributed by atoms with E-state index in [-0.39, 0.29) is 0 Å². The number of rotatable bonds is 5. The number of ether oxygens (including phenoxy) is 1. The fraction of sp³-hybridized carbons (Fsp3) is 0.211. The zero-order valence-corrected chi connectivity index (χ0v) is 14.1. The van der Waals surface area contributed by atoms with E-state index in [2.05, 4.69) is 10.6 Å². The van der Waals surface area contributed by atoms with Crippen LogP contribution in [0.25, 0.3) is 0 Å². The molecule has 0 spiro atoms. The Balaban J connectivity index is 2.19. The van der Waals surface area contributed by atoms with Gasteiger partial charge in [0.25, 0.3) is 5.91 Å². The summed E-state index contributed by atoms with van der Waals surface area (Å²) in [4.78, 5) is 35.8. The lowest BCUT2D eigenvalue weighted by molar-refractivity contribution is -0.155. The van der Waals surface area contributed by atoms with E-state index in [1.807, 2.05) is 60.7 Å². The van der Waals surface area contributed by atoms with Crippen LogP contribution in [0.5, 0.6) is 0 Å². The Kier molecular flexibility index (Phi) is 6.28. The second-order valence-corrected chi connectivity index (χ2v) is 5.40. The summed E-state index contributed by atoms with van der Waals surface area (Å²) in [5, 5.41) is 4.35. The number of imide groups is 1. The van der Waals surface area contributed by atoms with Gasteiger partial charge in [0.05, 0.1) is 0 Å². The van der Waals surface area contributed by atoms with Crippen molar-refractivity contribution in [2.45, 2.75) is 18.9 Å². The molecule has 0 aliphatic heterocycles. The number of carbonyl (C=O) groups is 3. The SMILES string of the molecule is CNC(=O)NC(=O)C(C)OC(=O)C(c1ccccc1)c1ccccc1. The lowest BCUT2D eigenvalue weighted by atomic mass is 9.91. The van der Waals surface area contributed by atoms with Crippen molar-refractivity contribution in [3.63, 3.8) is 0 Å². The molecule has 0 bridgehead atoms. The maximum atomic E-state index is 12.7. The summed E-state index contributed by atoms with van der Waals surface area (Å²) in [6.07, 6.45) is -1.10. The lowest BCUT2D eigenvalue weighted by Gasteiger charge is -2.20. The Hall–Kier alpha value is -3.15. The molecule has 3 amide bonds. The molecule has 0 radical (unpaired) electrons. The molecule has 0 fully saturated rings. The second kappa shape index (κ2) is 8.63. The summed E-state index contributed by atoms with van der Waals surface area (Å²) in [6.45, 7) is 1.42. The molecular weight excluding hydrogens is 320 g/mol.